The van der Waals surface area contributed by atoms with Gasteiger partial charge in [0.15, 0.2) is 11.5 Å². The lowest BCUT2D eigenvalue weighted by Gasteiger charge is -2.10. The Bertz CT molecular complexity index is 1190. The lowest BCUT2D eigenvalue weighted by molar-refractivity contribution is 0.102. The molecule has 0 atom stereocenters. The second-order valence-electron chi connectivity index (χ2n) is 6.74. The van der Waals surface area contributed by atoms with E-state index in [1.54, 1.807) is 36.8 Å². The van der Waals surface area contributed by atoms with Gasteiger partial charge in [0, 0.05) is 46.8 Å². The average Bonchev–Trinajstić information content (AvgIpc) is 3.46. The summed E-state index contributed by atoms with van der Waals surface area (Å²) in [4.78, 5) is 16.7. The number of anilines is 3. The normalized spacial score (nSPS) is 11.9. The van der Waals surface area contributed by atoms with Crippen molar-refractivity contribution in [2.75, 3.05) is 17.4 Å². The molecule has 7 heteroatoms. The Morgan fingerprint density at radius 1 is 0.900 bits per heavy atom. The Balaban J connectivity index is 1.28. The van der Waals surface area contributed by atoms with Crippen LogP contribution < -0.4 is 20.1 Å². The lowest BCUT2D eigenvalue weighted by atomic mass is 10.1. The summed E-state index contributed by atoms with van der Waals surface area (Å²) >= 11 is 0. The summed E-state index contributed by atoms with van der Waals surface area (Å²) in [5.74, 6) is 1.11. The zero-order valence-electron chi connectivity index (χ0n) is 15.9. The van der Waals surface area contributed by atoms with Gasteiger partial charge in [0.25, 0.3) is 5.91 Å². The van der Waals surface area contributed by atoms with Crippen LogP contribution in [0.15, 0.2) is 85.5 Å². The first-order chi connectivity index (χ1) is 14.7. The van der Waals surface area contributed by atoms with Crippen LogP contribution in [0.3, 0.4) is 0 Å². The van der Waals surface area contributed by atoms with E-state index in [1.165, 1.54) is 0 Å². The number of fused-ring (bicyclic) bond motifs is 1. The summed E-state index contributed by atoms with van der Waals surface area (Å²) in [5.41, 5.74) is 3.97. The molecule has 0 radical (unpaired) electrons. The highest BCUT2D eigenvalue weighted by Crippen LogP contribution is 2.34. The number of nitrogens with zero attached hydrogens (tertiary/aromatic N) is 2. The van der Waals surface area contributed by atoms with Gasteiger partial charge in [0.05, 0.1) is 6.33 Å². The molecule has 0 saturated carbocycles. The van der Waals surface area contributed by atoms with Crippen LogP contribution in [0, 0.1) is 0 Å². The molecule has 0 saturated heterocycles. The number of carbonyl (C=O) groups is 1. The maximum atomic E-state index is 12.7. The zero-order chi connectivity index (χ0) is 20.3. The van der Waals surface area contributed by atoms with E-state index < -0.39 is 0 Å². The maximum Gasteiger partial charge on any atom is 0.255 e. The van der Waals surface area contributed by atoms with Gasteiger partial charge in [0.1, 0.15) is 0 Å². The Labute approximate surface area is 172 Å². The number of amides is 1. The Hall–Kier alpha value is -4.26. The predicted molar refractivity (Wildman–Crippen MR) is 114 cm³/mol. The van der Waals surface area contributed by atoms with Gasteiger partial charge in [-0.15, -0.1) is 0 Å². The highest BCUT2D eigenvalue weighted by molar-refractivity contribution is 6.05. The zero-order valence-corrected chi connectivity index (χ0v) is 15.9. The third-order valence-corrected chi connectivity index (χ3v) is 4.71. The molecule has 5 rings (SSSR count). The summed E-state index contributed by atoms with van der Waals surface area (Å²) in [6.45, 7) is 0.198. The van der Waals surface area contributed by atoms with Crippen LogP contribution in [0.5, 0.6) is 11.5 Å². The Morgan fingerprint density at radius 3 is 2.57 bits per heavy atom. The van der Waals surface area contributed by atoms with E-state index in [2.05, 4.69) is 15.6 Å². The molecule has 1 aliphatic rings. The molecule has 3 aromatic carbocycles. The third-order valence-electron chi connectivity index (χ3n) is 4.71. The number of hydrogen-bond donors (Lipinski definition) is 2. The second-order valence-corrected chi connectivity index (χ2v) is 6.74. The number of imidazole rings is 1. The van der Waals surface area contributed by atoms with Crippen LogP contribution in [-0.4, -0.2) is 22.3 Å². The summed E-state index contributed by atoms with van der Waals surface area (Å²) in [6, 6.07) is 20.6. The minimum absolute atomic E-state index is 0.198. The van der Waals surface area contributed by atoms with Crippen LogP contribution in [-0.2, 0) is 0 Å². The smallest absolute Gasteiger partial charge is 0.255 e. The Morgan fingerprint density at radius 2 is 1.73 bits per heavy atom. The highest BCUT2D eigenvalue weighted by Gasteiger charge is 2.15. The highest BCUT2D eigenvalue weighted by atomic mass is 16.7. The van der Waals surface area contributed by atoms with Crippen molar-refractivity contribution in [3.8, 4) is 17.2 Å². The SMILES string of the molecule is O=C(Nc1ccc2c(c1)OCO2)c1cccc(Nc2ccc(-n3ccnc3)cc2)c1. The number of nitrogens with one attached hydrogen (secondary N) is 2. The van der Waals surface area contributed by atoms with Gasteiger partial charge >= 0.3 is 0 Å². The molecule has 4 aromatic rings. The van der Waals surface area contributed by atoms with Gasteiger partial charge in [-0.1, -0.05) is 6.07 Å². The molecule has 0 unspecified atom stereocenters. The van der Waals surface area contributed by atoms with Crippen molar-refractivity contribution in [1.82, 2.24) is 9.55 Å². The van der Waals surface area contributed by atoms with E-state index in [0.717, 1.165) is 17.1 Å². The molecule has 0 bridgehead atoms. The summed E-state index contributed by atoms with van der Waals surface area (Å²) in [6.07, 6.45) is 5.39. The van der Waals surface area contributed by atoms with Gasteiger partial charge in [-0.3, -0.25) is 4.79 Å². The molecular weight excluding hydrogens is 380 g/mol. The molecular formula is C23H18N4O3. The van der Waals surface area contributed by atoms with Gasteiger partial charge < -0.3 is 24.7 Å². The largest absolute Gasteiger partial charge is 0.454 e. The van der Waals surface area contributed by atoms with Crippen LogP contribution in [0.1, 0.15) is 10.4 Å². The minimum Gasteiger partial charge on any atom is -0.454 e. The number of ether oxygens (including phenoxy) is 2. The lowest BCUT2D eigenvalue weighted by Crippen LogP contribution is -2.12. The molecule has 2 heterocycles. The third kappa shape index (κ3) is 3.68. The number of rotatable bonds is 5. The van der Waals surface area contributed by atoms with Crippen LogP contribution in [0.4, 0.5) is 17.1 Å². The van der Waals surface area contributed by atoms with E-state index in [9.17, 15) is 4.79 Å². The van der Waals surface area contributed by atoms with Gasteiger partial charge in [-0.05, 0) is 54.6 Å². The predicted octanol–water partition coefficient (Wildman–Crippen LogP) is 4.60. The fourth-order valence-corrected chi connectivity index (χ4v) is 3.21. The van der Waals surface area contributed by atoms with Crippen molar-refractivity contribution in [2.24, 2.45) is 0 Å². The number of aromatic nitrogens is 2. The van der Waals surface area contributed by atoms with Gasteiger partial charge in [-0.2, -0.15) is 0 Å². The number of carbonyl (C=O) groups excluding carboxylic acids is 1. The molecule has 2 N–H and O–H groups in total. The van der Waals surface area contributed by atoms with Gasteiger partial charge in [-0.25, -0.2) is 4.98 Å². The molecule has 0 aliphatic carbocycles. The van der Waals surface area contributed by atoms with Crippen molar-refractivity contribution in [3.05, 3.63) is 91.0 Å². The topological polar surface area (TPSA) is 77.4 Å². The fourth-order valence-electron chi connectivity index (χ4n) is 3.21. The van der Waals surface area contributed by atoms with Crippen molar-refractivity contribution < 1.29 is 14.3 Å². The molecule has 1 aliphatic heterocycles. The minimum atomic E-state index is -0.201. The monoisotopic (exact) mass is 398 g/mol. The standard InChI is InChI=1S/C23H18N4O3/c28-23(26-19-6-9-21-22(13-19)30-15-29-21)16-2-1-3-18(12-16)25-17-4-7-20(8-5-17)27-11-10-24-14-27/h1-14,25H,15H2,(H,26,28). The fraction of sp³-hybridized carbons (Fsp3) is 0.0435. The maximum absolute atomic E-state index is 12.7. The van der Waals surface area contributed by atoms with E-state index in [4.69, 9.17) is 9.47 Å². The van der Waals surface area contributed by atoms with Crippen LogP contribution in [0.25, 0.3) is 5.69 Å². The van der Waals surface area contributed by atoms with Crippen molar-refractivity contribution in [2.45, 2.75) is 0 Å². The molecule has 1 amide bonds. The number of benzene rings is 3. The van der Waals surface area contributed by atoms with E-state index in [-0.39, 0.29) is 12.7 Å². The molecule has 30 heavy (non-hydrogen) atoms. The second kappa shape index (κ2) is 7.63. The molecule has 0 fully saturated rings. The van der Waals surface area contributed by atoms with Crippen LogP contribution in [0.2, 0.25) is 0 Å². The first-order valence-electron chi connectivity index (χ1n) is 9.41. The van der Waals surface area contributed by atoms with E-state index in [0.29, 0.717) is 22.7 Å². The van der Waals surface area contributed by atoms with Crippen molar-refractivity contribution >= 4 is 23.0 Å². The molecule has 1 aromatic heterocycles. The summed E-state index contributed by atoms with van der Waals surface area (Å²) in [5, 5.41) is 6.22. The van der Waals surface area contributed by atoms with Crippen molar-refractivity contribution in [3.63, 3.8) is 0 Å². The van der Waals surface area contributed by atoms with E-state index >= 15 is 0 Å². The summed E-state index contributed by atoms with van der Waals surface area (Å²) in [7, 11) is 0. The molecule has 0 spiro atoms. The Kier molecular flexibility index (Phi) is 4.53. The number of hydrogen-bond acceptors (Lipinski definition) is 5. The first kappa shape index (κ1) is 17.8. The van der Waals surface area contributed by atoms with Gasteiger partial charge in [0.2, 0.25) is 6.79 Å². The molecule has 7 nitrogen and oxygen atoms in total. The van der Waals surface area contributed by atoms with Crippen molar-refractivity contribution in [1.29, 1.82) is 0 Å². The first-order valence-corrected chi connectivity index (χ1v) is 9.41. The van der Waals surface area contributed by atoms with E-state index in [1.807, 2.05) is 53.2 Å². The van der Waals surface area contributed by atoms with Crippen LogP contribution >= 0.6 is 0 Å². The summed E-state index contributed by atoms with van der Waals surface area (Å²) < 4.78 is 12.6. The quantitative estimate of drug-likeness (QED) is 0.514. The molecule has 148 valence electrons. The average molecular weight is 398 g/mol.